The van der Waals surface area contributed by atoms with E-state index >= 15 is 0 Å². The zero-order valence-electron chi connectivity index (χ0n) is 8.41. The zero-order valence-corrected chi connectivity index (χ0v) is 8.41. The topological polar surface area (TPSA) is 79.3 Å². The first-order valence-corrected chi connectivity index (χ1v) is 4.44. The molecule has 2 aromatic rings. The van der Waals surface area contributed by atoms with Gasteiger partial charge in [0.2, 0.25) is 5.89 Å². The Hall–Kier alpha value is -2.37. The Morgan fingerprint density at radius 2 is 2.19 bits per heavy atom. The van der Waals surface area contributed by atoms with Crippen molar-refractivity contribution in [3.05, 3.63) is 41.7 Å². The predicted octanol–water partition coefficient (Wildman–Crippen LogP) is 0.762. The third-order valence-corrected chi connectivity index (χ3v) is 1.95. The molecule has 0 N–H and O–H groups in total. The van der Waals surface area contributed by atoms with Crippen LogP contribution in [0.4, 0.5) is 0 Å². The summed E-state index contributed by atoms with van der Waals surface area (Å²) in [6.07, 6.45) is 3.84. The molecule has 0 aliphatic heterocycles. The number of ether oxygens (including phenoxy) is 1. The number of aromatic nitrogens is 2. The molecular formula is C10H8N2O4. The van der Waals surface area contributed by atoms with Gasteiger partial charge in [0.1, 0.15) is 6.26 Å². The monoisotopic (exact) mass is 220 g/mol. The van der Waals surface area contributed by atoms with Gasteiger partial charge in [0.25, 0.3) is 0 Å². The molecule has 2 aromatic heterocycles. The van der Waals surface area contributed by atoms with E-state index in [1.807, 2.05) is 0 Å². The molecule has 0 atom stereocenters. The largest absolute Gasteiger partial charge is 0.619 e. The summed E-state index contributed by atoms with van der Waals surface area (Å²) in [4.78, 5) is 15.0. The van der Waals surface area contributed by atoms with Gasteiger partial charge in [-0.15, -0.1) is 0 Å². The maximum absolute atomic E-state index is 11.1. The van der Waals surface area contributed by atoms with Gasteiger partial charge in [-0.05, 0) is 0 Å². The fourth-order valence-electron chi connectivity index (χ4n) is 1.16. The summed E-state index contributed by atoms with van der Waals surface area (Å²) in [5.74, 6) is -0.300. The second kappa shape index (κ2) is 4.01. The van der Waals surface area contributed by atoms with Crippen molar-refractivity contribution in [2.45, 2.75) is 0 Å². The Bertz CT molecular complexity index is 504. The minimum Gasteiger partial charge on any atom is -0.619 e. The normalized spacial score (nSPS) is 10.1. The van der Waals surface area contributed by atoms with Gasteiger partial charge >= 0.3 is 5.97 Å². The van der Waals surface area contributed by atoms with E-state index in [0.717, 1.165) is 0 Å². The lowest BCUT2D eigenvalue weighted by molar-refractivity contribution is -0.605. The molecule has 0 radical (unpaired) electrons. The van der Waals surface area contributed by atoms with Crippen LogP contribution in [0.25, 0.3) is 11.5 Å². The van der Waals surface area contributed by atoms with Gasteiger partial charge in [0.05, 0.1) is 7.11 Å². The number of oxazole rings is 1. The van der Waals surface area contributed by atoms with Crippen molar-refractivity contribution in [2.75, 3.05) is 7.11 Å². The summed E-state index contributed by atoms with van der Waals surface area (Å²) in [6.45, 7) is 0. The molecule has 0 bridgehead atoms. The summed E-state index contributed by atoms with van der Waals surface area (Å²) < 4.78 is 10.2. The van der Waals surface area contributed by atoms with Gasteiger partial charge in [-0.2, -0.15) is 4.73 Å². The average molecular weight is 220 g/mol. The fraction of sp³-hybridized carbons (Fsp3) is 0.100. The minimum atomic E-state index is -0.565. The first-order chi connectivity index (χ1) is 7.70. The van der Waals surface area contributed by atoms with Crippen molar-refractivity contribution >= 4 is 5.97 Å². The lowest BCUT2D eigenvalue weighted by Crippen LogP contribution is -2.23. The molecule has 0 spiro atoms. The molecule has 0 fully saturated rings. The van der Waals surface area contributed by atoms with E-state index in [1.54, 1.807) is 12.1 Å². The summed E-state index contributed by atoms with van der Waals surface area (Å²) in [5, 5.41) is 10.8. The molecular weight excluding hydrogens is 212 g/mol. The summed E-state index contributed by atoms with van der Waals surface area (Å²) >= 11 is 0. The molecule has 2 rings (SSSR count). The van der Waals surface area contributed by atoms with Crippen molar-refractivity contribution < 1.29 is 18.7 Å². The number of hydrogen-bond donors (Lipinski definition) is 0. The quantitative estimate of drug-likeness (QED) is 0.424. The van der Waals surface area contributed by atoms with Crippen molar-refractivity contribution in [2.24, 2.45) is 0 Å². The molecule has 2 heterocycles. The van der Waals surface area contributed by atoms with Crippen LogP contribution in [-0.2, 0) is 4.74 Å². The second-order valence-corrected chi connectivity index (χ2v) is 2.98. The Balaban J connectivity index is 2.31. The molecule has 0 aliphatic carbocycles. The van der Waals surface area contributed by atoms with Gasteiger partial charge in [-0.3, -0.25) is 0 Å². The van der Waals surface area contributed by atoms with E-state index in [0.29, 0.717) is 10.3 Å². The first-order valence-electron chi connectivity index (χ1n) is 4.44. The van der Waals surface area contributed by atoms with Crippen molar-refractivity contribution in [1.29, 1.82) is 0 Å². The van der Waals surface area contributed by atoms with Crippen LogP contribution in [0.3, 0.4) is 0 Å². The SMILES string of the molecule is COC(=O)c1coc(-c2cc[n+]([O-])cc2)n1. The average Bonchev–Trinajstić information content (AvgIpc) is 2.78. The van der Waals surface area contributed by atoms with E-state index < -0.39 is 5.97 Å². The van der Waals surface area contributed by atoms with Crippen LogP contribution in [-0.4, -0.2) is 18.1 Å². The molecule has 6 heteroatoms. The van der Waals surface area contributed by atoms with Gasteiger partial charge < -0.3 is 14.4 Å². The Morgan fingerprint density at radius 3 is 2.81 bits per heavy atom. The van der Waals surface area contributed by atoms with Crippen molar-refractivity contribution in [3.8, 4) is 11.5 Å². The third-order valence-electron chi connectivity index (χ3n) is 1.95. The molecule has 0 amide bonds. The van der Waals surface area contributed by atoms with E-state index in [9.17, 15) is 10.0 Å². The van der Waals surface area contributed by atoms with Crippen LogP contribution in [0.1, 0.15) is 10.5 Å². The van der Waals surface area contributed by atoms with Crippen molar-refractivity contribution in [3.63, 3.8) is 0 Å². The van der Waals surface area contributed by atoms with Crippen molar-refractivity contribution in [1.82, 2.24) is 4.98 Å². The number of nitrogens with zero attached hydrogens (tertiary/aromatic N) is 2. The maximum atomic E-state index is 11.1. The summed E-state index contributed by atoms with van der Waals surface area (Å²) in [6, 6.07) is 3.08. The van der Waals surface area contributed by atoms with Gasteiger partial charge in [0, 0.05) is 17.7 Å². The molecule has 6 nitrogen and oxygen atoms in total. The summed E-state index contributed by atoms with van der Waals surface area (Å²) in [5.41, 5.74) is 0.707. The Kier molecular flexibility index (Phi) is 2.55. The number of carbonyl (C=O) groups excluding carboxylic acids is 1. The lowest BCUT2D eigenvalue weighted by Gasteiger charge is -1.95. The van der Waals surface area contributed by atoms with E-state index in [-0.39, 0.29) is 11.6 Å². The lowest BCUT2D eigenvalue weighted by atomic mass is 10.3. The van der Waals surface area contributed by atoms with Crippen LogP contribution in [0, 0.1) is 5.21 Å². The number of esters is 1. The van der Waals surface area contributed by atoms with Gasteiger partial charge in [-0.1, -0.05) is 0 Å². The molecule has 82 valence electrons. The highest BCUT2D eigenvalue weighted by Crippen LogP contribution is 2.17. The number of pyridine rings is 1. The highest BCUT2D eigenvalue weighted by atomic mass is 16.5. The van der Waals surface area contributed by atoms with Crippen LogP contribution in [0.5, 0.6) is 0 Å². The molecule has 0 saturated carbocycles. The standard InChI is InChI=1S/C10H8N2O4/c1-15-10(13)8-6-16-9(11-8)7-2-4-12(14)5-3-7/h2-6H,1H3. The Labute approximate surface area is 90.7 Å². The number of methoxy groups -OCH3 is 1. The van der Waals surface area contributed by atoms with Gasteiger partial charge in [0.15, 0.2) is 18.1 Å². The van der Waals surface area contributed by atoms with Crippen LogP contribution in [0.15, 0.2) is 35.2 Å². The highest BCUT2D eigenvalue weighted by Gasteiger charge is 2.13. The number of carbonyl (C=O) groups is 1. The minimum absolute atomic E-state index is 0.0938. The van der Waals surface area contributed by atoms with Crippen LogP contribution >= 0.6 is 0 Å². The fourth-order valence-corrected chi connectivity index (χ4v) is 1.16. The first kappa shape index (κ1) is 10.2. The zero-order chi connectivity index (χ0) is 11.5. The molecule has 0 unspecified atom stereocenters. The summed E-state index contributed by atoms with van der Waals surface area (Å²) in [7, 11) is 1.26. The van der Waals surface area contributed by atoms with E-state index in [1.165, 1.54) is 25.8 Å². The van der Waals surface area contributed by atoms with Gasteiger partial charge in [-0.25, -0.2) is 9.78 Å². The molecule has 0 aliphatic rings. The van der Waals surface area contributed by atoms with Crippen LogP contribution in [0.2, 0.25) is 0 Å². The second-order valence-electron chi connectivity index (χ2n) is 2.98. The van der Waals surface area contributed by atoms with E-state index in [2.05, 4.69) is 9.72 Å². The van der Waals surface area contributed by atoms with E-state index in [4.69, 9.17) is 4.42 Å². The molecule has 16 heavy (non-hydrogen) atoms. The number of hydrogen-bond acceptors (Lipinski definition) is 5. The molecule has 0 saturated heterocycles. The molecule has 0 aromatic carbocycles. The predicted molar refractivity (Wildman–Crippen MR) is 52.2 cm³/mol. The third kappa shape index (κ3) is 1.85. The highest BCUT2D eigenvalue weighted by molar-refractivity contribution is 5.87. The smallest absolute Gasteiger partial charge is 0.360 e. The van der Waals surface area contributed by atoms with Crippen LogP contribution < -0.4 is 4.73 Å². The number of rotatable bonds is 2. The Morgan fingerprint density at radius 1 is 1.50 bits per heavy atom. The maximum Gasteiger partial charge on any atom is 0.360 e.